The molecule has 1 aromatic rings. The van der Waals surface area contributed by atoms with E-state index in [4.69, 9.17) is 9.94 Å². The second-order valence-corrected chi connectivity index (χ2v) is 8.63. The predicted molar refractivity (Wildman–Crippen MR) is 131 cm³/mol. The fraction of sp³-hybridized carbons (Fsp3) is 0.481. The highest BCUT2D eigenvalue weighted by Gasteiger charge is 2.33. The van der Waals surface area contributed by atoms with E-state index in [2.05, 4.69) is 63.8 Å². The van der Waals surface area contributed by atoms with Crippen LogP contribution in [0.3, 0.4) is 0 Å². The monoisotopic (exact) mass is 424 g/mol. The Morgan fingerprint density at radius 2 is 2.10 bits per heavy atom. The van der Waals surface area contributed by atoms with Crippen molar-refractivity contribution in [3.8, 4) is 5.75 Å². The minimum absolute atomic E-state index is 0.173. The molecule has 1 aliphatic carbocycles. The Morgan fingerprint density at radius 1 is 1.35 bits per heavy atom. The first-order valence-electron chi connectivity index (χ1n) is 11.4. The zero-order chi connectivity index (χ0) is 23.0. The Balaban J connectivity index is 0.000000423. The van der Waals surface area contributed by atoms with Crippen molar-refractivity contribution >= 4 is 0 Å². The minimum atomic E-state index is 0.173. The quantitative estimate of drug-likeness (QED) is 0.460. The third-order valence-corrected chi connectivity index (χ3v) is 6.12. The van der Waals surface area contributed by atoms with E-state index in [1.165, 1.54) is 40.1 Å². The molecule has 0 fully saturated rings. The van der Waals surface area contributed by atoms with Gasteiger partial charge in [0.05, 0.1) is 0 Å². The lowest BCUT2D eigenvalue weighted by atomic mass is 9.72. The average Bonchev–Trinajstić information content (AvgIpc) is 2.73. The van der Waals surface area contributed by atoms with Gasteiger partial charge in [-0.25, -0.2) is 0 Å². The van der Waals surface area contributed by atoms with Crippen LogP contribution in [0.15, 0.2) is 71.1 Å². The predicted octanol–water partition coefficient (Wildman–Crippen LogP) is 6.15. The van der Waals surface area contributed by atoms with Gasteiger partial charge in [-0.05, 0) is 79.9 Å². The van der Waals surface area contributed by atoms with Gasteiger partial charge < -0.3 is 15.3 Å². The van der Waals surface area contributed by atoms with E-state index in [0.717, 1.165) is 37.0 Å². The molecule has 0 spiro atoms. The van der Waals surface area contributed by atoms with Crippen molar-refractivity contribution in [1.82, 2.24) is 10.8 Å². The number of allylic oxidation sites excluding steroid dienone is 6. The van der Waals surface area contributed by atoms with E-state index >= 15 is 0 Å². The molecule has 0 aromatic heterocycles. The lowest BCUT2D eigenvalue weighted by Gasteiger charge is -2.37. The molecule has 4 nitrogen and oxygen atoms in total. The number of hydroxylamine groups is 1. The summed E-state index contributed by atoms with van der Waals surface area (Å²) in [6, 6.07) is 8.28. The second-order valence-electron chi connectivity index (χ2n) is 8.63. The first-order valence-corrected chi connectivity index (χ1v) is 11.4. The van der Waals surface area contributed by atoms with Gasteiger partial charge in [0.2, 0.25) is 0 Å². The van der Waals surface area contributed by atoms with E-state index in [1.54, 1.807) is 7.05 Å². The van der Waals surface area contributed by atoms with E-state index < -0.39 is 0 Å². The van der Waals surface area contributed by atoms with Crippen molar-refractivity contribution in [2.24, 2.45) is 5.92 Å². The molecule has 31 heavy (non-hydrogen) atoms. The van der Waals surface area contributed by atoms with Gasteiger partial charge in [-0.15, -0.1) is 0 Å². The number of benzene rings is 1. The summed E-state index contributed by atoms with van der Waals surface area (Å²) < 4.78 is 0. The van der Waals surface area contributed by atoms with E-state index in [9.17, 15) is 0 Å². The van der Waals surface area contributed by atoms with Gasteiger partial charge in [0, 0.05) is 31.0 Å². The molecule has 1 aliphatic heterocycles. The normalized spacial score (nSPS) is 19.2. The van der Waals surface area contributed by atoms with Crippen molar-refractivity contribution < 1.29 is 9.94 Å². The van der Waals surface area contributed by atoms with Crippen LogP contribution in [0.25, 0.3) is 0 Å². The molecule has 2 atom stereocenters. The third kappa shape index (κ3) is 6.34. The summed E-state index contributed by atoms with van der Waals surface area (Å²) in [6.07, 6.45) is 5.44. The van der Waals surface area contributed by atoms with Gasteiger partial charge in [-0.1, -0.05) is 51.1 Å². The fourth-order valence-corrected chi connectivity index (χ4v) is 4.32. The molecular weight excluding hydrogens is 384 g/mol. The van der Waals surface area contributed by atoms with Crippen LogP contribution >= 0.6 is 0 Å². The van der Waals surface area contributed by atoms with Gasteiger partial charge in [0.1, 0.15) is 5.75 Å². The van der Waals surface area contributed by atoms with Crippen molar-refractivity contribution in [3.63, 3.8) is 0 Å². The Morgan fingerprint density at radius 3 is 2.68 bits per heavy atom. The smallest absolute Gasteiger partial charge is 0.147 e. The molecule has 1 aromatic carbocycles. The molecule has 0 saturated heterocycles. The summed E-state index contributed by atoms with van der Waals surface area (Å²) in [5.41, 5.74) is 11.4. The number of dihydropyridines is 1. The molecule has 1 heterocycles. The van der Waals surface area contributed by atoms with Gasteiger partial charge in [0.15, 0.2) is 0 Å². The van der Waals surface area contributed by atoms with Gasteiger partial charge in [-0.3, -0.25) is 0 Å². The van der Waals surface area contributed by atoms with Crippen LogP contribution in [0.1, 0.15) is 71.3 Å². The molecule has 2 aliphatic rings. The van der Waals surface area contributed by atoms with Crippen LogP contribution in [-0.4, -0.2) is 18.8 Å². The summed E-state index contributed by atoms with van der Waals surface area (Å²) in [6.45, 7) is 17.4. The van der Waals surface area contributed by atoms with Gasteiger partial charge in [-0.2, -0.15) is 5.48 Å². The van der Waals surface area contributed by atoms with E-state index in [1.807, 2.05) is 12.1 Å². The first kappa shape index (κ1) is 25.0. The van der Waals surface area contributed by atoms with Gasteiger partial charge in [0.25, 0.3) is 0 Å². The number of hydrogen-bond acceptors (Lipinski definition) is 4. The zero-order valence-corrected chi connectivity index (χ0v) is 20.0. The maximum atomic E-state index is 8.37. The molecule has 170 valence electrons. The van der Waals surface area contributed by atoms with Crippen molar-refractivity contribution in [2.75, 3.05) is 13.7 Å². The zero-order valence-electron chi connectivity index (χ0n) is 20.0. The first-order chi connectivity index (χ1) is 14.8. The molecule has 0 bridgehead atoms. The number of nitrogens with one attached hydrogen (secondary N) is 2. The fourth-order valence-electron chi connectivity index (χ4n) is 4.32. The van der Waals surface area contributed by atoms with Crippen LogP contribution < -0.4 is 15.6 Å². The molecule has 0 amide bonds. The Hall–Kier alpha value is -2.30. The average molecular weight is 425 g/mol. The Labute approximate surface area is 188 Å². The third-order valence-electron chi connectivity index (χ3n) is 6.12. The molecule has 4 heteroatoms. The van der Waals surface area contributed by atoms with Gasteiger partial charge >= 0.3 is 0 Å². The van der Waals surface area contributed by atoms with Crippen LogP contribution in [-0.2, 0) is 0 Å². The molecule has 3 rings (SSSR count). The summed E-state index contributed by atoms with van der Waals surface area (Å²) in [7, 11) is 1.77. The number of hydrogen-bond donors (Lipinski definition) is 3. The van der Waals surface area contributed by atoms with Crippen LogP contribution in [0, 0.1) is 5.92 Å². The van der Waals surface area contributed by atoms with Crippen molar-refractivity contribution in [2.45, 2.75) is 65.7 Å². The van der Waals surface area contributed by atoms with Crippen LogP contribution in [0.2, 0.25) is 0 Å². The van der Waals surface area contributed by atoms with Crippen molar-refractivity contribution in [3.05, 3.63) is 76.7 Å². The Kier molecular flexibility index (Phi) is 9.60. The highest BCUT2D eigenvalue weighted by atomic mass is 16.6. The summed E-state index contributed by atoms with van der Waals surface area (Å²) in [4.78, 5) is 5.48. The topological polar surface area (TPSA) is 53.5 Å². The Bertz CT molecular complexity index is 851. The summed E-state index contributed by atoms with van der Waals surface area (Å²) >= 11 is 0. The number of aliphatic hydroxyl groups excluding tert-OH is 1. The lowest BCUT2D eigenvalue weighted by Crippen LogP contribution is -2.28. The van der Waals surface area contributed by atoms with Crippen LogP contribution in [0.4, 0.5) is 0 Å². The van der Waals surface area contributed by atoms with E-state index in [-0.39, 0.29) is 5.92 Å². The summed E-state index contributed by atoms with van der Waals surface area (Å²) in [5.74, 6) is 1.69. The number of rotatable bonds is 7. The molecule has 2 unspecified atom stereocenters. The second kappa shape index (κ2) is 11.9. The maximum absolute atomic E-state index is 8.37. The largest absolute Gasteiger partial charge is 0.409 e. The molecule has 0 saturated carbocycles. The van der Waals surface area contributed by atoms with Crippen LogP contribution in [0.5, 0.6) is 5.75 Å². The molecule has 0 radical (unpaired) electrons. The highest BCUT2D eigenvalue weighted by molar-refractivity contribution is 5.58. The maximum Gasteiger partial charge on any atom is 0.147 e. The molecule has 3 N–H and O–H groups in total. The summed E-state index contributed by atoms with van der Waals surface area (Å²) in [5, 5.41) is 12.0. The number of aliphatic hydroxyl groups is 1. The lowest BCUT2D eigenvalue weighted by molar-refractivity contribution is 0.223. The minimum Gasteiger partial charge on any atom is -0.409 e. The highest BCUT2D eigenvalue weighted by Crippen LogP contribution is 2.47. The SMILES string of the molecule is C=C(C)C1=C(C)NC2=C(C(=C)CCC2)C1c1cccc(ONC)c1.CCC(C)CCO. The molecular formula is C27H40N2O2. The standard InChI is InChI=1S/C21H26N2O.C6H14O/c1-13(2)19-15(4)23-18-11-6-8-14(3)20(18)21(19)16-9-7-10-17(12-16)24-22-5;1-3-6(2)4-5-7/h7,9-10,12,21-23H,1,3,6,8,11H2,2,4-5H3;6-7H,3-5H2,1-2H3. The van der Waals surface area contributed by atoms with Crippen molar-refractivity contribution in [1.29, 1.82) is 0 Å². The van der Waals surface area contributed by atoms with E-state index in [0.29, 0.717) is 12.5 Å².